The van der Waals surface area contributed by atoms with Crippen molar-refractivity contribution >= 4 is 17.6 Å². The van der Waals surface area contributed by atoms with Crippen molar-refractivity contribution in [3.05, 3.63) is 29.6 Å². The van der Waals surface area contributed by atoms with Crippen LogP contribution in [-0.2, 0) is 4.74 Å². The Balaban J connectivity index is 1.57. The van der Waals surface area contributed by atoms with Crippen LogP contribution < -0.4 is 10.2 Å². The van der Waals surface area contributed by atoms with Crippen molar-refractivity contribution in [2.75, 3.05) is 51.3 Å². The third-order valence-corrected chi connectivity index (χ3v) is 5.22. The highest BCUT2D eigenvalue weighted by Gasteiger charge is 2.41. The van der Waals surface area contributed by atoms with E-state index in [0.29, 0.717) is 38.5 Å². The van der Waals surface area contributed by atoms with E-state index in [4.69, 9.17) is 4.74 Å². The predicted octanol–water partition coefficient (Wildman–Crippen LogP) is 0.510. The fourth-order valence-electron chi connectivity index (χ4n) is 3.76. The molecule has 1 N–H and O–H groups in total. The van der Waals surface area contributed by atoms with Crippen LogP contribution in [0.5, 0.6) is 0 Å². The molecule has 1 aromatic rings. The van der Waals surface area contributed by atoms with E-state index in [0.717, 1.165) is 6.54 Å². The summed E-state index contributed by atoms with van der Waals surface area (Å²) in [5.74, 6) is -0.928. The van der Waals surface area contributed by atoms with Crippen molar-refractivity contribution in [3.63, 3.8) is 0 Å². The molecular weight excluding hydrogens is 327 g/mol. The van der Waals surface area contributed by atoms with Gasteiger partial charge in [-0.25, -0.2) is 9.18 Å². The van der Waals surface area contributed by atoms with Crippen molar-refractivity contribution < 1.29 is 18.7 Å². The summed E-state index contributed by atoms with van der Waals surface area (Å²) < 4.78 is 20.0. The maximum Gasteiger partial charge on any atom is 0.321 e. The number of nitrogens with zero attached hydrogens (tertiary/aromatic N) is 3. The number of ether oxygens (including phenoxy) is 1. The second kappa shape index (κ2) is 6.27. The number of carbonyl (C=O) groups excluding carboxylic acids is 2. The molecule has 3 aliphatic rings. The van der Waals surface area contributed by atoms with Gasteiger partial charge in [0.15, 0.2) is 0 Å². The minimum absolute atomic E-state index is 0.00139. The van der Waals surface area contributed by atoms with Gasteiger partial charge in [0.05, 0.1) is 24.3 Å². The lowest BCUT2D eigenvalue weighted by molar-refractivity contribution is -0.0368. The molecule has 3 aliphatic heterocycles. The Hall–Kier alpha value is -2.19. The molecule has 7 nitrogen and oxygen atoms in total. The van der Waals surface area contributed by atoms with Crippen molar-refractivity contribution in [3.8, 4) is 0 Å². The number of likely N-dealkylation sites (tertiary alicyclic amines) is 1. The third-order valence-electron chi connectivity index (χ3n) is 5.22. The summed E-state index contributed by atoms with van der Waals surface area (Å²) in [7, 11) is 2.02. The smallest absolute Gasteiger partial charge is 0.321 e. The summed E-state index contributed by atoms with van der Waals surface area (Å²) in [6.07, 6.45) is -0.0293. The molecule has 3 heterocycles. The molecule has 0 unspecified atom stereocenters. The zero-order valence-electron chi connectivity index (χ0n) is 14.1. The summed E-state index contributed by atoms with van der Waals surface area (Å²) in [5.41, 5.74) is 0.531. The Morgan fingerprint density at radius 3 is 2.88 bits per heavy atom. The minimum atomic E-state index is -0.572. The fourth-order valence-corrected chi connectivity index (χ4v) is 3.76. The molecule has 3 saturated heterocycles. The van der Waals surface area contributed by atoms with E-state index in [1.165, 1.54) is 23.1 Å². The average molecular weight is 348 g/mol. The molecule has 0 saturated carbocycles. The van der Waals surface area contributed by atoms with Crippen LogP contribution in [-0.4, -0.2) is 80.3 Å². The number of benzene rings is 1. The van der Waals surface area contributed by atoms with E-state index < -0.39 is 5.82 Å². The van der Waals surface area contributed by atoms with E-state index in [1.807, 2.05) is 7.05 Å². The highest BCUT2D eigenvalue weighted by Crippen LogP contribution is 2.26. The van der Waals surface area contributed by atoms with Crippen molar-refractivity contribution in [1.82, 2.24) is 15.1 Å². The lowest BCUT2D eigenvalue weighted by Crippen LogP contribution is -2.48. The molecule has 8 heteroatoms. The molecule has 0 radical (unpaired) electrons. The highest BCUT2D eigenvalue weighted by molar-refractivity contribution is 5.98. The van der Waals surface area contributed by atoms with Gasteiger partial charge in [0.1, 0.15) is 5.82 Å². The van der Waals surface area contributed by atoms with Crippen molar-refractivity contribution in [2.45, 2.75) is 12.1 Å². The van der Waals surface area contributed by atoms with Crippen LogP contribution in [0, 0.1) is 5.82 Å². The monoisotopic (exact) mass is 348 g/mol. The van der Waals surface area contributed by atoms with Gasteiger partial charge in [-0.15, -0.1) is 0 Å². The number of halogens is 1. The predicted molar refractivity (Wildman–Crippen MR) is 89.2 cm³/mol. The fraction of sp³-hybridized carbons (Fsp3) is 0.529. The first kappa shape index (κ1) is 16.3. The molecule has 4 rings (SSSR count). The lowest BCUT2D eigenvalue weighted by atomic mass is 10.1. The maximum absolute atomic E-state index is 14.3. The second-order valence-corrected chi connectivity index (χ2v) is 6.72. The van der Waals surface area contributed by atoms with Crippen LogP contribution in [0.15, 0.2) is 18.2 Å². The Morgan fingerprint density at radius 1 is 1.32 bits per heavy atom. The average Bonchev–Trinajstić information content (AvgIpc) is 3.22. The number of rotatable bonds is 2. The van der Waals surface area contributed by atoms with Crippen LogP contribution in [0.4, 0.5) is 14.9 Å². The molecule has 0 spiro atoms. The zero-order chi connectivity index (χ0) is 17.6. The van der Waals surface area contributed by atoms with Crippen LogP contribution in [0.3, 0.4) is 0 Å². The summed E-state index contributed by atoms with van der Waals surface area (Å²) in [5, 5.41) is 2.70. The van der Waals surface area contributed by atoms with E-state index in [9.17, 15) is 14.0 Å². The first-order chi connectivity index (χ1) is 12.0. The molecule has 0 aliphatic carbocycles. The van der Waals surface area contributed by atoms with E-state index in [1.54, 1.807) is 4.90 Å². The number of morpholine rings is 1. The number of hydrogen-bond acceptors (Lipinski definition) is 4. The third kappa shape index (κ3) is 2.85. The molecule has 0 aromatic heterocycles. The summed E-state index contributed by atoms with van der Waals surface area (Å²) >= 11 is 0. The van der Waals surface area contributed by atoms with Crippen LogP contribution in [0.1, 0.15) is 10.4 Å². The molecule has 134 valence electrons. The molecular formula is C17H21FN4O3. The quantitative estimate of drug-likeness (QED) is 0.846. The number of anilines is 1. The second-order valence-electron chi connectivity index (χ2n) is 6.72. The van der Waals surface area contributed by atoms with Gasteiger partial charge in [0, 0.05) is 38.4 Å². The summed E-state index contributed by atoms with van der Waals surface area (Å²) in [6, 6.07) is 4.16. The van der Waals surface area contributed by atoms with Crippen molar-refractivity contribution in [1.29, 1.82) is 0 Å². The number of amides is 3. The van der Waals surface area contributed by atoms with Crippen LogP contribution in [0.25, 0.3) is 0 Å². The number of nitrogens with one attached hydrogen (secondary N) is 1. The SMILES string of the molecule is CN1CCO[C@@H]2CN(C(=O)c3cc(N4CCNC4=O)ccc3F)C[C@@H]21. The van der Waals surface area contributed by atoms with Crippen LogP contribution >= 0.6 is 0 Å². The zero-order valence-corrected chi connectivity index (χ0v) is 14.1. The van der Waals surface area contributed by atoms with Gasteiger partial charge in [0.2, 0.25) is 0 Å². The van der Waals surface area contributed by atoms with Gasteiger partial charge in [-0.1, -0.05) is 0 Å². The van der Waals surface area contributed by atoms with Gasteiger partial charge >= 0.3 is 6.03 Å². The molecule has 25 heavy (non-hydrogen) atoms. The molecule has 0 bridgehead atoms. The first-order valence-electron chi connectivity index (χ1n) is 8.50. The van der Waals surface area contributed by atoms with Crippen molar-refractivity contribution in [2.24, 2.45) is 0 Å². The number of urea groups is 1. The summed E-state index contributed by atoms with van der Waals surface area (Å²) in [6.45, 7) is 3.50. The Morgan fingerprint density at radius 2 is 2.16 bits per heavy atom. The van der Waals surface area contributed by atoms with Gasteiger partial charge in [0.25, 0.3) is 5.91 Å². The van der Waals surface area contributed by atoms with E-state index >= 15 is 0 Å². The van der Waals surface area contributed by atoms with E-state index in [2.05, 4.69) is 10.2 Å². The normalized spacial score (nSPS) is 26.7. The molecule has 3 amide bonds. The number of carbonyl (C=O) groups is 2. The summed E-state index contributed by atoms with van der Waals surface area (Å²) in [4.78, 5) is 30.0. The molecule has 1 aromatic carbocycles. The van der Waals surface area contributed by atoms with Crippen LogP contribution in [0.2, 0.25) is 0 Å². The van der Waals surface area contributed by atoms with Gasteiger partial charge in [-0.05, 0) is 25.2 Å². The Labute approximate surface area is 145 Å². The first-order valence-corrected chi connectivity index (χ1v) is 8.50. The number of fused-ring (bicyclic) bond motifs is 1. The maximum atomic E-state index is 14.3. The standard InChI is InChI=1S/C17H21FN4O3/c1-20-6-7-25-15-10-21(9-14(15)20)16(23)12-8-11(2-3-13(12)18)22-5-4-19-17(22)24/h2-3,8,14-15H,4-7,9-10H2,1H3,(H,19,24)/t14-,15+/m0/s1. The van der Waals surface area contributed by atoms with Gasteiger partial charge in [-0.3, -0.25) is 14.6 Å². The van der Waals surface area contributed by atoms with Gasteiger partial charge in [-0.2, -0.15) is 0 Å². The molecule has 3 fully saturated rings. The highest BCUT2D eigenvalue weighted by atomic mass is 19.1. The minimum Gasteiger partial charge on any atom is -0.373 e. The Kier molecular flexibility index (Phi) is 4.09. The molecule has 2 atom stereocenters. The van der Waals surface area contributed by atoms with Gasteiger partial charge < -0.3 is 15.0 Å². The largest absolute Gasteiger partial charge is 0.373 e. The lowest BCUT2D eigenvalue weighted by Gasteiger charge is -2.33. The number of hydrogen-bond donors (Lipinski definition) is 1. The number of likely N-dealkylation sites (N-methyl/N-ethyl adjacent to an activating group) is 1. The van der Waals surface area contributed by atoms with E-state index in [-0.39, 0.29) is 29.6 Å². The topological polar surface area (TPSA) is 65.1 Å². The Bertz CT molecular complexity index is 713.